The second kappa shape index (κ2) is 6.77. The molecule has 0 amide bonds. The summed E-state index contributed by atoms with van der Waals surface area (Å²) < 4.78 is 0. The summed E-state index contributed by atoms with van der Waals surface area (Å²) in [6, 6.07) is 1.34. The van der Waals surface area contributed by atoms with Crippen LogP contribution < -0.4 is 5.73 Å². The lowest BCUT2D eigenvalue weighted by molar-refractivity contribution is 0.0835. The van der Waals surface area contributed by atoms with Crippen LogP contribution in [0.5, 0.6) is 0 Å². The highest BCUT2D eigenvalue weighted by molar-refractivity contribution is 7.98. The molecule has 1 heterocycles. The maximum atomic E-state index is 5.89. The highest BCUT2D eigenvalue weighted by Gasteiger charge is 2.27. The minimum Gasteiger partial charge on any atom is -0.329 e. The van der Waals surface area contributed by atoms with Crippen LogP contribution in [0.15, 0.2) is 0 Å². The first-order valence-corrected chi connectivity index (χ1v) is 7.53. The van der Waals surface area contributed by atoms with E-state index in [1.165, 1.54) is 31.6 Å². The highest BCUT2D eigenvalue weighted by atomic mass is 32.2. The van der Waals surface area contributed by atoms with Gasteiger partial charge in [-0.15, -0.1) is 0 Å². The van der Waals surface area contributed by atoms with Crippen molar-refractivity contribution >= 4 is 11.8 Å². The number of rotatable bonds is 5. The lowest BCUT2D eigenvalue weighted by Crippen LogP contribution is -2.49. The third-order valence-corrected chi connectivity index (χ3v) is 4.23. The zero-order chi connectivity index (χ0) is 11.3. The van der Waals surface area contributed by atoms with Crippen molar-refractivity contribution in [3.63, 3.8) is 0 Å². The Morgan fingerprint density at radius 2 is 2.20 bits per heavy atom. The van der Waals surface area contributed by atoms with Crippen LogP contribution in [0.2, 0.25) is 0 Å². The Hall–Kier alpha value is 0.270. The molecule has 1 saturated heterocycles. The number of thioether (sulfide) groups is 1. The summed E-state index contributed by atoms with van der Waals surface area (Å²) in [6.45, 7) is 6.79. The van der Waals surface area contributed by atoms with Crippen LogP contribution in [0.25, 0.3) is 0 Å². The standard InChI is InChI=1S/C12H26N2S/c1-10-4-6-14(11(2)8-10)12(9-13)5-7-15-3/h10-12H,4-9,13H2,1-3H3. The molecule has 0 aromatic heterocycles. The lowest BCUT2D eigenvalue weighted by atomic mass is 9.91. The minimum atomic E-state index is 0.611. The molecule has 0 bridgehead atoms. The molecular formula is C12H26N2S. The van der Waals surface area contributed by atoms with Crippen LogP contribution in [0.1, 0.15) is 33.1 Å². The fourth-order valence-corrected chi connectivity index (χ4v) is 3.15. The third-order valence-electron chi connectivity index (χ3n) is 3.59. The zero-order valence-corrected chi connectivity index (χ0v) is 11.2. The van der Waals surface area contributed by atoms with E-state index in [0.717, 1.165) is 18.5 Å². The van der Waals surface area contributed by atoms with E-state index < -0.39 is 0 Å². The number of likely N-dealkylation sites (tertiary alicyclic amines) is 1. The summed E-state index contributed by atoms with van der Waals surface area (Å²) in [5, 5.41) is 0. The van der Waals surface area contributed by atoms with E-state index in [2.05, 4.69) is 25.0 Å². The first kappa shape index (κ1) is 13.3. The molecule has 0 spiro atoms. The second-order valence-electron chi connectivity index (χ2n) is 4.89. The van der Waals surface area contributed by atoms with E-state index in [4.69, 9.17) is 5.73 Å². The van der Waals surface area contributed by atoms with E-state index >= 15 is 0 Å². The van der Waals surface area contributed by atoms with Crippen molar-refractivity contribution in [1.29, 1.82) is 0 Å². The lowest BCUT2D eigenvalue weighted by Gasteiger charge is -2.41. The van der Waals surface area contributed by atoms with Crippen LogP contribution in [-0.2, 0) is 0 Å². The SMILES string of the molecule is CSCCC(CN)N1CCC(C)CC1C. The normalized spacial score (nSPS) is 30.4. The maximum absolute atomic E-state index is 5.89. The van der Waals surface area contributed by atoms with E-state index in [9.17, 15) is 0 Å². The molecule has 1 aliphatic heterocycles. The van der Waals surface area contributed by atoms with Crippen LogP contribution >= 0.6 is 11.8 Å². The first-order chi connectivity index (χ1) is 7.19. The van der Waals surface area contributed by atoms with Gasteiger partial charge in [-0.05, 0) is 50.7 Å². The summed E-state index contributed by atoms with van der Waals surface area (Å²) in [5.74, 6) is 2.14. The van der Waals surface area contributed by atoms with Gasteiger partial charge in [0.25, 0.3) is 0 Å². The van der Waals surface area contributed by atoms with E-state index in [0.29, 0.717) is 6.04 Å². The monoisotopic (exact) mass is 230 g/mol. The highest BCUT2D eigenvalue weighted by Crippen LogP contribution is 2.25. The fraction of sp³-hybridized carbons (Fsp3) is 1.00. The maximum Gasteiger partial charge on any atom is 0.0229 e. The van der Waals surface area contributed by atoms with Crippen LogP contribution in [0.3, 0.4) is 0 Å². The molecule has 3 heteroatoms. The molecule has 3 unspecified atom stereocenters. The molecule has 0 radical (unpaired) electrons. The van der Waals surface area contributed by atoms with Gasteiger partial charge < -0.3 is 5.73 Å². The van der Waals surface area contributed by atoms with Gasteiger partial charge >= 0.3 is 0 Å². The van der Waals surface area contributed by atoms with Crippen molar-refractivity contribution in [2.24, 2.45) is 11.7 Å². The summed E-state index contributed by atoms with van der Waals surface area (Å²) in [5.41, 5.74) is 5.89. The predicted octanol–water partition coefficient (Wildman–Crippen LogP) is 2.19. The Labute approximate surface area is 99.0 Å². The van der Waals surface area contributed by atoms with Crippen LogP contribution in [0.4, 0.5) is 0 Å². The molecular weight excluding hydrogens is 204 g/mol. The molecule has 1 fully saturated rings. The number of nitrogens with zero attached hydrogens (tertiary/aromatic N) is 1. The molecule has 0 aromatic rings. The van der Waals surface area contributed by atoms with Gasteiger partial charge in [-0.2, -0.15) is 11.8 Å². The second-order valence-corrected chi connectivity index (χ2v) is 5.87. The number of hydrogen-bond acceptors (Lipinski definition) is 3. The molecule has 2 N–H and O–H groups in total. The summed E-state index contributed by atoms with van der Waals surface area (Å²) in [4.78, 5) is 2.64. The van der Waals surface area contributed by atoms with Gasteiger partial charge in [0.1, 0.15) is 0 Å². The zero-order valence-electron chi connectivity index (χ0n) is 10.4. The Bertz CT molecular complexity index is 175. The molecule has 2 nitrogen and oxygen atoms in total. The molecule has 0 saturated carbocycles. The average molecular weight is 230 g/mol. The van der Waals surface area contributed by atoms with Crippen molar-refractivity contribution in [1.82, 2.24) is 4.90 Å². The molecule has 90 valence electrons. The summed E-state index contributed by atoms with van der Waals surface area (Å²) >= 11 is 1.93. The van der Waals surface area contributed by atoms with Gasteiger partial charge in [0.15, 0.2) is 0 Å². The summed E-state index contributed by atoms with van der Waals surface area (Å²) in [6.07, 6.45) is 6.11. The van der Waals surface area contributed by atoms with Crippen LogP contribution in [-0.4, -0.2) is 42.1 Å². The number of nitrogens with two attached hydrogens (primary N) is 1. The fourth-order valence-electron chi connectivity index (χ4n) is 2.64. The van der Waals surface area contributed by atoms with Crippen molar-refractivity contribution in [2.45, 2.75) is 45.2 Å². The van der Waals surface area contributed by atoms with Crippen molar-refractivity contribution < 1.29 is 0 Å². The van der Waals surface area contributed by atoms with Crippen molar-refractivity contribution in [3.05, 3.63) is 0 Å². The summed E-state index contributed by atoms with van der Waals surface area (Å²) in [7, 11) is 0. The van der Waals surface area contributed by atoms with Crippen molar-refractivity contribution in [3.8, 4) is 0 Å². The molecule has 0 aliphatic carbocycles. The average Bonchev–Trinajstić information content (AvgIpc) is 2.21. The first-order valence-electron chi connectivity index (χ1n) is 6.13. The van der Waals surface area contributed by atoms with Gasteiger partial charge in [0, 0.05) is 18.6 Å². The van der Waals surface area contributed by atoms with Gasteiger partial charge in [-0.3, -0.25) is 4.90 Å². The minimum absolute atomic E-state index is 0.611. The Kier molecular flexibility index (Phi) is 6.02. The molecule has 3 atom stereocenters. The molecule has 1 aliphatic rings. The van der Waals surface area contributed by atoms with Gasteiger partial charge in [-0.1, -0.05) is 6.92 Å². The molecule has 1 rings (SSSR count). The third kappa shape index (κ3) is 3.97. The van der Waals surface area contributed by atoms with E-state index in [-0.39, 0.29) is 0 Å². The topological polar surface area (TPSA) is 29.3 Å². The molecule has 0 aromatic carbocycles. The Morgan fingerprint density at radius 1 is 1.47 bits per heavy atom. The van der Waals surface area contributed by atoms with E-state index in [1.807, 2.05) is 11.8 Å². The number of hydrogen-bond donors (Lipinski definition) is 1. The smallest absolute Gasteiger partial charge is 0.0229 e. The van der Waals surface area contributed by atoms with Gasteiger partial charge in [-0.25, -0.2) is 0 Å². The number of piperidine rings is 1. The Morgan fingerprint density at radius 3 is 2.73 bits per heavy atom. The van der Waals surface area contributed by atoms with Crippen molar-refractivity contribution in [2.75, 3.05) is 25.1 Å². The van der Waals surface area contributed by atoms with Gasteiger partial charge in [0.2, 0.25) is 0 Å². The quantitative estimate of drug-likeness (QED) is 0.785. The predicted molar refractivity (Wildman–Crippen MR) is 70.4 cm³/mol. The van der Waals surface area contributed by atoms with E-state index in [1.54, 1.807) is 0 Å². The largest absolute Gasteiger partial charge is 0.329 e. The van der Waals surface area contributed by atoms with Crippen LogP contribution in [0, 0.1) is 5.92 Å². The van der Waals surface area contributed by atoms with Gasteiger partial charge in [0.05, 0.1) is 0 Å². The Balaban J connectivity index is 2.44. The molecule has 15 heavy (non-hydrogen) atoms.